The van der Waals surface area contributed by atoms with Crippen molar-refractivity contribution < 1.29 is 29.4 Å². The zero-order valence-corrected chi connectivity index (χ0v) is 15.9. The van der Waals surface area contributed by atoms with E-state index in [-0.39, 0.29) is 11.9 Å². The molecular formula is C16H20N6O6S. The van der Waals surface area contributed by atoms with Crippen molar-refractivity contribution in [1.82, 2.24) is 4.98 Å². The van der Waals surface area contributed by atoms with Crippen LogP contribution in [-0.4, -0.2) is 67.7 Å². The van der Waals surface area contributed by atoms with E-state index in [4.69, 9.17) is 22.6 Å². The molecular weight excluding hydrogens is 404 g/mol. The number of nitrogens with one attached hydrogen (secondary N) is 1. The van der Waals surface area contributed by atoms with Crippen molar-refractivity contribution in [2.24, 2.45) is 17.2 Å². The number of nitrogens with zero attached hydrogens (tertiary/aromatic N) is 2. The number of rotatable bonds is 3. The molecule has 0 aromatic carbocycles. The van der Waals surface area contributed by atoms with E-state index in [1.807, 2.05) is 0 Å². The summed E-state index contributed by atoms with van der Waals surface area (Å²) in [6, 6.07) is 1.17. The number of aromatic carboxylic acids is 1. The van der Waals surface area contributed by atoms with Gasteiger partial charge in [0, 0.05) is 24.7 Å². The Hall–Kier alpha value is -3.19. The van der Waals surface area contributed by atoms with Gasteiger partial charge in [-0.3, -0.25) is 14.4 Å². The van der Waals surface area contributed by atoms with Crippen molar-refractivity contribution in [3.05, 3.63) is 17.2 Å². The highest BCUT2D eigenvalue weighted by molar-refractivity contribution is 8.56. The summed E-state index contributed by atoms with van der Waals surface area (Å²) < 4.78 is 0. The summed E-state index contributed by atoms with van der Waals surface area (Å²) in [5.74, 6) is -3.01. The highest BCUT2D eigenvalue weighted by atomic mass is 32.3. The standard InChI is InChI=1S/C16H20N6O6S/c17-6-1-3-22(4-2-6)8-5-7(13(23)24)9-10(18)11(14(25)26)29(15(19)27,16(20)28)12(9)21-8/h5-6,11,18H,1-4,17H2,(H2,19,27)(H2,20,28)(H,23,24)(H,25,26). The Labute approximate surface area is 165 Å². The number of amides is 2. The van der Waals surface area contributed by atoms with E-state index < -0.39 is 59.6 Å². The molecule has 12 nitrogen and oxygen atoms in total. The fourth-order valence-electron chi connectivity index (χ4n) is 3.68. The molecule has 1 aromatic heterocycles. The molecule has 1 fully saturated rings. The number of aromatic nitrogens is 1. The van der Waals surface area contributed by atoms with Crippen molar-refractivity contribution in [3.8, 4) is 0 Å². The third-order valence-electron chi connectivity index (χ3n) is 5.12. The van der Waals surface area contributed by atoms with Crippen LogP contribution in [0.5, 0.6) is 0 Å². The van der Waals surface area contributed by atoms with Gasteiger partial charge in [0.15, 0.2) is 5.25 Å². The van der Waals surface area contributed by atoms with Crippen LogP contribution in [-0.2, 0) is 4.79 Å². The van der Waals surface area contributed by atoms with Crippen molar-refractivity contribution in [1.29, 1.82) is 5.41 Å². The number of aliphatic carboxylic acids is 1. The average molecular weight is 424 g/mol. The van der Waals surface area contributed by atoms with Gasteiger partial charge in [0.05, 0.1) is 11.3 Å². The minimum atomic E-state index is -3.84. The molecule has 1 atom stereocenters. The number of hydrogen-bond acceptors (Lipinski definition) is 8. The van der Waals surface area contributed by atoms with Crippen LogP contribution in [0.3, 0.4) is 0 Å². The van der Waals surface area contributed by atoms with Gasteiger partial charge >= 0.3 is 11.9 Å². The second kappa shape index (κ2) is 7.00. The second-order valence-corrected chi connectivity index (χ2v) is 9.75. The molecule has 3 rings (SSSR count). The van der Waals surface area contributed by atoms with Crippen LogP contribution in [0.25, 0.3) is 0 Å². The maximum absolute atomic E-state index is 12.4. The predicted octanol–water partition coefficient (Wildman–Crippen LogP) is -0.137. The van der Waals surface area contributed by atoms with E-state index in [1.54, 1.807) is 4.90 Å². The molecule has 0 spiro atoms. The van der Waals surface area contributed by atoms with Crippen LogP contribution in [0.15, 0.2) is 11.1 Å². The number of nitrogens with two attached hydrogens (primary N) is 3. The third-order valence-corrected chi connectivity index (χ3v) is 8.43. The zero-order chi connectivity index (χ0) is 21.7. The number of carbonyl (C=O) groups is 4. The lowest BCUT2D eigenvalue weighted by molar-refractivity contribution is -0.135. The van der Waals surface area contributed by atoms with E-state index in [1.165, 1.54) is 6.07 Å². The monoisotopic (exact) mass is 424 g/mol. The first kappa shape index (κ1) is 20.5. The van der Waals surface area contributed by atoms with E-state index in [0.717, 1.165) is 0 Å². The average Bonchev–Trinajstić information content (AvgIpc) is 2.91. The Kier molecular flexibility index (Phi) is 4.96. The van der Waals surface area contributed by atoms with Crippen LogP contribution >= 0.6 is 10.0 Å². The first-order valence-electron chi connectivity index (χ1n) is 8.55. The van der Waals surface area contributed by atoms with E-state index >= 15 is 0 Å². The Balaban J connectivity index is 2.33. The van der Waals surface area contributed by atoms with Gasteiger partial charge in [-0.05, 0) is 28.9 Å². The summed E-state index contributed by atoms with van der Waals surface area (Å²) in [6.07, 6.45) is 1.22. The number of fused-ring (bicyclic) bond motifs is 1. The van der Waals surface area contributed by atoms with Crippen LogP contribution in [0.1, 0.15) is 28.8 Å². The Morgan fingerprint density at radius 3 is 2.14 bits per heavy atom. The predicted molar refractivity (Wildman–Crippen MR) is 104 cm³/mol. The number of primary amides is 2. The van der Waals surface area contributed by atoms with Gasteiger partial charge < -0.3 is 37.7 Å². The van der Waals surface area contributed by atoms with Gasteiger partial charge in [0.2, 0.25) is 0 Å². The lowest BCUT2D eigenvalue weighted by Gasteiger charge is -2.34. The van der Waals surface area contributed by atoms with Crippen LogP contribution in [0.4, 0.5) is 15.4 Å². The molecule has 0 bridgehead atoms. The molecule has 3 heterocycles. The highest BCUT2D eigenvalue weighted by Crippen LogP contribution is 2.65. The Morgan fingerprint density at radius 1 is 1.14 bits per heavy atom. The van der Waals surface area contributed by atoms with E-state index in [0.29, 0.717) is 25.9 Å². The number of pyridine rings is 1. The van der Waals surface area contributed by atoms with Crippen molar-refractivity contribution in [2.75, 3.05) is 18.0 Å². The Bertz CT molecular complexity index is 943. The van der Waals surface area contributed by atoms with Gasteiger partial charge in [-0.2, -0.15) is 0 Å². The first-order valence-corrected chi connectivity index (χ1v) is 10.2. The van der Waals surface area contributed by atoms with Crippen LogP contribution < -0.4 is 22.1 Å². The number of hydrogen-bond donors (Lipinski definition) is 6. The van der Waals surface area contributed by atoms with Gasteiger partial charge in [0.1, 0.15) is 10.8 Å². The van der Waals surface area contributed by atoms with E-state index in [2.05, 4.69) is 4.98 Å². The maximum atomic E-state index is 12.4. The normalized spacial score (nSPS) is 22.0. The number of anilines is 1. The summed E-state index contributed by atoms with van der Waals surface area (Å²) >= 11 is 0. The molecule has 1 aromatic rings. The lowest BCUT2D eigenvalue weighted by Crippen LogP contribution is -2.42. The van der Waals surface area contributed by atoms with Gasteiger partial charge in [-0.25, -0.2) is 9.78 Å². The van der Waals surface area contributed by atoms with Crippen molar-refractivity contribution in [3.63, 3.8) is 0 Å². The molecule has 0 saturated carbocycles. The summed E-state index contributed by atoms with van der Waals surface area (Å²) in [6.45, 7) is 0.891. The molecule has 1 unspecified atom stereocenters. The summed E-state index contributed by atoms with van der Waals surface area (Å²) in [5, 5.41) is 22.4. The lowest BCUT2D eigenvalue weighted by atomic mass is 10.0. The Morgan fingerprint density at radius 2 is 1.69 bits per heavy atom. The number of piperidine rings is 1. The largest absolute Gasteiger partial charge is 0.480 e. The van der Waals surface area contributed by atoms with Crippen molar-refractivity contribution in [2.45, 2.75) is 29.2 Å². The molecule has 0 radical (unpaired) electrons. The molecule has 9 N–H and O–H groups in total. The maximum Gasteiger partial charge on any atom is 0.336 e. The SMILES string of the molecule is N=C1c2c(C(=O)O)cc(N3CCC(N)CC3)nc2S(C(N)=O)(C(N)=O)C1C(=O)O. The second-order valence-electron chi connectivity index (χ2n) is 6.77. The molecule has 1 saturated heterocycles. The number of carboxylic acids is 2. The molecule has 2 aliphatic rings. The fourth-order valence-corrected chi connectivity index (χ4v) is 6.50. The summed E-state index contributed by atoms with van der Waals surface area (Å²) in [7, 11) is -3.84. The topological polar surface area (TPSA) is 227 Å². The van der Waals surface area contributed by atoms with Gasteiger partial charge in [-0.1, -0.05) is 0 Å². The molecule has 13 heteroatoms. The smallest absolute Gasteiger partial charge is 0.336 e. The third kappa shape index (κ3) is 2.89. The van der Waals surface area contributed by atoms with Crippen molar-refractivity contribution >= 4 is 44.0 Å². The number of carbonyl (C=O) groups excluding carboxylic acids is 2. The molecule has 156 valence electrons. The molecule has 29 heavy (non-hydrogen) atoms. The first-order chi connectivity index (χ1) is 13.5. The summed E-state index contributed by atoms with van der Waals surface area (Å²) in [5.41, 5.74) is 15.2. The summed E-state index contributed by atoms with van der Waals surface area (Å²) in [4.78, 5) is 54.5. The zero-order valence-electron chi connectivity index (χ0n) is 15.1. The minimum absolute atomic E-state index is 0.0230. The molecule has 2 amide bonds. The number of carboxylic acid groups (broad SMARTS) is 2. The van der Waals surface area contributed by atoms with Gasteiger partial charge in [0.25, 0.3) is 10.5 Å². The quantitative estimate of drug-likeness (QED) is 0.379. The van der Waals surface area contributed by atoms with Crippen LogP contribution in [0, 0.1) is 5.41 Å². The van der Waals surface area contributed by atoms with Crippen LogP contribution in [0.2, 0.25) is 0 Å². The fraction of sp³-hybridized carbons (Fsp3) is 0.375. The van der Waals surface area contributed by atoms with Gasteiger partial charge in [-0.15, -0.1) is 0 Å². The minimum Gasteiger partial charge on any atom is -0.480 e. The molecule has 0 aliphatic carbocycles. The molecule has 2 aliphatic heterocycles. The van der Waals surface area contributed by atoms with E-state index in [9.17, 15) is 29.4 Å². The highest BCUT2D eigenvalue weighted by Gasteiger charge is 2.60.